The first-order chi connectivity index (χ1) is 3.27. The highest BCUT2D eigenvalue weighted by Gasteiger charge is 1.91. The van der Waals surface area contributed by atoms with Crippen LogP contribution >= 0.6 is 0 Å². The molecule has 0 unspecified atom stereocenters. The summed E-state index contributed by atoms with van der Waals surface area (Å²) in [6.45, 7) is 6.94. The summed E-state index contributed by atoms with van der Waals surface area (Å²) in [4.78, 5) is 0. The molecule has 0 amide bonds. The van der Waals surface area contributed by atoms with Crippen LogP contribution in [0.4, 0.5) is 0 Å². The van der Waals surface area contributed by atoms with Crippen LogP contribution in [-0.2, 0) is 0 Å². The number of unbranched alkanes of at least 4 members (excludes halogenated alkanes) is 1. The van der Waals surface area contributed by atoms with Gasteiger partial charge in [0.25, 0.3) is 0 Å². The average Bonchev–Trinajstić information content (AvgIpc) is 1.61. The summed E-state index contributed by atoms with van der Waals surface area (Å²) in [6.07, 6.45) is 2.66. The van der Waals surface area contributed by atoms with Crippen molar-refractivity contribution in [3.05, 3.63) is 6.04 Å². The van der Waals surface area contributed by atoms with E-state index in [0.717, 1.165) is 0 Å². The van der Waals surface area contributed by atoms with Crippen molar-refractivity contribution in [3.8, 4) is 0 Å². The van der Waals surface area contributed by atoms with E-state index >= 15 is 0 Å². The second-order valence-electron chi connectivity index (χ2n) is 2.27. The monoisotopic (exact) mass is 115 g/mol. The Labute approximate surface area is 48.5 Å². The van der Waals surface area contributed by atoms with Crippen molar-refractivity contribution >= 4 is 8.80 Å². The molecule has 0 aromatic heterocycles. The van der Waals surface area contributed by atoms with Crippen LogP contribution in [0.3, 0.4) is 0 Å². The van der Waals surface area contributed by atoms with Crippen molar-refractivity contribution in [2.45, 2.75) is 32.9 Å². The minimum absolute atomic E-state index is 0.313. The molecule has 43 valence electrons. The van der Waals surface area contributed by atoms with E-state index in [1.54, 1.807) is 0 Å². The molecule has 0 rings (SSSR count). The molecular formula is C6H15Si. The Morgan fingerprint density at radius 1 is 1.43 bits per heavy atom. The van der Waals surface area contributed by atoms with Gasteiger partial charge in [-0.3, -0.25) is 0 Å². The highest BCUT2D eigenvalue weighted by atomic mass is 28.3. The van der Waals surface area contributed by atoms with E-state index in [1.807, 2.05) is 0 Å². The zero-order valence-electron chi connectivity index (χ0n) is 5.57. The van der Waals surface area contributed by atoms with Crippen LogP contribution in [0.1, 0.15) is 19.8 Å². The Morgan fingerprint density at radius 2 is 2.00 bits per heavy atom. The van der Waals surface area contributed by atoms with Gasteiger partial charge in [0.05, 0.1) is 0 Å². The Morgan fingerprint density at radius 3 is 2.14 bits per heavy atom. The fraction of sp³-hybridized carbons (Fsp3) is 0.833. The fourth-order valence-electron chi connectivity index (χ4n) is 0.500. The molecule has 0 saturated carbocycles. The first-order valence-corrected chi connectivity index (χ1v) is 6.08. The molecular weight excluding hydrogens is 100 g/mol. The van der Waals surface area contributed by atoms with Gasteiger partial charge in [-0.2, -0.15) is 0 Å². The van der Waals surface area contributed by atoms with Gasteiger partial charge in [-0.1, -0.05) is 32.9 Å². The van der Waals surface area contributed by atoms with Crippen molar-refractivity contribution in [1.82, 2.24) is 0 Å². The van der Waals surface area contributed by atoms with Gasteiger partial charge < -0.3 is 0 Å². The van der Waals surface area contributed by atoms with Crippen LogP contribution in [-0.4, -0.2) is 8.80 Å². The van der Waals surface area contributed by atoms with Gasteiger partial charge in [0.15, 0.2) is 0 Å². The Hall–Kier alpha value is 0.217. The standard InChI is InChI=1S/C6H15Si/c1-4-5-6-7(2)3/h6-7H,4-5H2,1-3H3. The molecule has 1 heteroatoms. The first-order valence-electron chi connectivity index (χ1n) is 3.10. The van der Waals surface area contributed by atoms with Crippen LogP contribution < -0.4 is 0 Å². The smallest absolute Gasteiger partial charge is 0.0336 e. The largest absolute Gasteiger partial charge is 0.0720 e. The summed E-state index contributed by atoms with van der Waals surface area (Å²) in [7, 11) is -0.313. The number of hydrogen-bond acceptors (Lipinski definition) is 0. The van der Waals surface area contributed by atoms with E-state index in [9.17, 15) is 0 Å². The van der Waals surface area contributed by atoms with Crippen LogP contribution in [0.2, 0.25) is 13.1 Å². The van der Waals surface area contributed by atoms with Gasteiger partial charge in [0, 0.05) is 8.80 Å². The van der Waals surface area contributed by atoms with Gasteiger partial charge >= 0.3 is 0 Å². The molecule has 0 spiro atoms. The van der Waals surface area contributed by atoms with Gasteiger partial charge in [0.2, 0.25) is 0 Å². The zero-order valence-corrected chi connectivity index (χ0v) is 6.72. The summed E-state index contributed by atoms with van der Waals surface area (Å²) in [6, 6.07) is 2.49. The highest BCUT2D eigenvalue weighted by Crippen LogP contribution is 1.95. The molecule has 0 aliphatic carbocycles. The summed E-state index contributed by atoms with van der Waals surface area (Å²) in [5, 5.41) is 0. The van der Waals surface area contributed by atoms with Gasteiger partial charge in [-0.15, -0.1) is 0 Å². The summed E-state index contributed by atoms with van der Waals surface area (Å²) >= 11 is 0. The Balaban J connectivity index is 2.68. The lowest BCUT2D eigenvalue weighted by Gasteiger charge is -1.96. The lowest BCUT2D eigenvalue weighted by Crippen LogP contribution is -1.99. The van der Waals surface area contributed by atoms with Gasteiger partial charge in [0.1, 0.15) is 0 Å². The predicted molar refractivity (Wildman–Crippen MR) is 38.1 cm³/mol. The third-order valence-corrected chi connectivity index (χ3v) is 2.20. The number of hydrogen-bond donors (Lipinski definition) is 0. The summed E-state index contributed by atoms with van der Waals surface area (Å²) < 4.78 is 0. The molecule has 0 bridgehead atoms. The lowest BCUT2D eigenvalue weighted by atomic mass is 10.4. The topological polar surface area (TPSA) is 0 Å². The predicted octanol–water partition coefficient (Wildman–Crippen LogP) is 2.02. The minimum Gasteiger partial charge on any atom is -0.0720 e. The van der Waals surface area contributed by atoms with E-state index < -0.39 is 0 Å². The molecule has 0 aliphatic rings. The molecule has 0 nitrogen and oxygen atoms in total. The van der Waals surface area contributed by atoms with Crippen molar-refractivity contribution < 1.29 is 0 Å². The third-order valence-electron chi connectivity index (χ3n) is 0.927. The zero-order chi connectivity index (χ0) is 5.70. The molecule has 0 N–H and O–H groups in total. The van der Waals surface area contributed by atoms with E-state index in [2.05, 4.69) is 26.1 Å². The SMILES string of the molecule is CCC[CH][SiH](C)C. The first kappa shape index (κ1) is 7.22. The molecule has 0 saturated heterocycles. The van der Waals surface area contributed by atoms with Crippen molar-refractivity contribution in [2.75, 3.05) is 0 Å². The molecule has 0 aromatic carbocycles. The molecule has 0 aliphatic heterocycles. The molecule has 0 atom stereocenters. The van der Waals surface area contributed by atoms with Gasteiger partial charge in [-0.05, 0) is 6.04 Å². The Bertz CT molecular complexity index is 33.2. The molecule has 0 aromatic rings. The van der Waals surface area contributed by atoms with E-state index in [4.69, 9.17) is 0 Å². The van der Waals surface area contributed by atoms with Gasteiger partial charge in [-0.25, -0.2) is 0 Å². The maximum absolute atomic E-state index is 2.49. The lowest BCUT2D eigenvalue weighted by molar-refractivity contribution is 0.936. The molecule has 7 heavy (non-hydrogen) atoms. The fourth-order valence-corrected chi connectivity index (χ4v) is 1.50. The molecule has 0 fully saturated rings. The van der Waals surface area contributed by atoms with Crippen LogP contribution in [0.15, 0.2) is 0 Å². The van der Waals surface area contributed by atoms with E-state index in [0.29, 0.717) is 0 Å². The van der Waals surface area contributed by atoms with Crippen molar-refractivity contribution in [1.29, 1.82) is 0 Å². The summed E-state index contributed by atoms with van der Waals surface area (Å²) in [5.41, 5.74) is 0. The minimum atomic E-state index is -0.313. The maximum Gasteiger partial charge on any atom is 0.0336 e. The molecule has 0 heterocycles. The maximum atomic E-state index is 2.49. The van der Waals surface area contributed by atoms with Crippen molar-refractivity contribution in [3.63, 3.8) is 0 Å². The Kier molecular flexibility index (Phi) is 4.51. The third kappa shape index (κ3) is 6.22. The summed E-state index contributed by atoms with van der Waals surface area (Å²) in [5.74, 6) is 0. The quantitative estimate of drug-likeness (QED) is 0.494. The van der Waals surface area contributed by atoms with E-state index in [-0.39, 0.29) is 8.80 Å². The normalized spacial score (nSPS) is 10.3. The average molecular weight is 115 g/mol. The molecule has 1 radical (unpaired) electrons. The van der Waals surface area contributed by atoms with Crippen LogP contribution in [0, 0.1) is 6.04 Å². The second kappa shape index (κ2) is 4.38. The van der Waals surface area contributed by atoms with Crippen molar-refractivity contribution in [2.24, 2.45) is 0 Å². The highest BCUT2D eigenvalue weighted by molar-refractivity contribution is 6.59. The number of rotatable bonds is 3. The van der Waals surface area contributed by atoms with Crippen LogP contribution in [0.25, 0.3) is 0 Å². The second-order valence-corrected chi connectivity index (χ2v) is 5.23. The van der Waals surface area contributed by atoms with E-state index in [1.165, 1.54) is 12.8 Å². The van der Waals surface area contributed by atoms with Crippen LogP contribution in [0.5, 0.6) is 0 Å².